The van der Waals surface area contributed by atoms with Gasteiger partial charge in [-0.2, -0.15) is 0 Å². The number of nitrogens with zero attached hydrogens (tertiary/aromatic N) is 1. The summed E-state index contributed by atoms with van der Waals surface area (Å²) in [6.45, 7) is 3.97. The molecule has 0 aromatic heterocycles. The fourth-order valence-corrected chi connectivity index (χ4v) is 3.91. The third-order valence-corrected chi connectivity index (χ3v) is 5.96. The lowest BCUT2D eigenvalue weighted by Gasteiger charge is -2.18. The summed E-state index contributed by atoms with van der Waals surface area (Å²) < 4.78 is 27.2. The van der Waals surface area contributed by atoms with Crippen molar-refractivity contribution in [1.29, 1.82) is 0 Å². The molecule has 0 aliphatic rings. The second-order valence-corrected chi connectivity index (χ2v) is 8.39. The summed E-state index contributed by atoms with van der Waals surface area (Å²) >= 11 is 0. The van der Waals surface area contributed by atoms with Crippen molar-refractivity contribution in [1.82, 2.24) is 9.62 Å². The van der Waals surface area contributed by atoms with Crippen LogP contribution in [-0.4, -0.2) is 38.2 Å². The van der Waals surface area contributed by atoms with Crippen molar-refractivity contribution < 1.29 is 18.0 Å². The minimum absolute atomic E-state index is 0.112. The minimum Gasteiger partial charge on any atom is -0.366 e. The SMILES string of the molecule is CCC(C)NS(=O)(=O)c1ccc(C(=O)N(C)Cc2cccc(C(N)=O)c2)cc1. The van der Waals surface area contributed by atoms with Gasteiger partial charge in [-0.25, -0.2) is 13.1 Å². The smallest absolute Gasteiger partial charge is 0.253 e. The summed E-state index contributed by atoms with van der Waals surface area (Å²) in [6.07, 6.45) is 0.678. The maximum absolute atomic E-state index is 12.6. The Morgan fingerprint density at radius 1 is 1.11 bits per heavy atom. The number of nitrogens with one attached hydrogen (secondary N) is 1. The molecule has 0 radical (unpaired) electrons. The van der Waals surface area contributed by atoms with Gasteiger partial charge in [-0.1, -0.05) is 19.1 Å². The quantitative estimate of drug-likeness (QED) is 0.703. The maximum Gasteiger partial charge on any atom is 0.253 e. The van der Waals surface area contributed by atoms with Gasteiger partial charge in [0.1, 0.15) is 0 Å². The number of hydrogen-bond donors (Lipinski definition) is 2. The Kier molecular flexibility index (Phi) is 6.93. The topological polar surface area (TPSA) is 110 Å². The first-order valence-electron chi connectivity index (χ1n) is 8.90. The molecule has 3 N–H and O–H groups in total. The summed E-state index contributed by atoms with van der Waals surface area (Å²) in [4.78, 5) is 25.5. The first-order valence-corrected chi connectivity index (χ1v) is 10.4. The average molecular weight is 404 g/mol. The van der Waals surface area contributed by atoms with E-state index in [0.717, 1.165) is 5.56 Å². The average Bonchev–Trinajstić information content (AvgIpc) is 2.67. The molecule has 28 heavy (non-hydrogen) atoms. The van der Waals surface area contributed by atoms with Gasteiger partial charge < -0.3 is 10.6 Å². The highest BCUT2D eigenvalue weighted by Gasteiger charge is 2.18. The Bertz CT molecular complexity index is 956. The van der Waals surface area contributed by atoms with E-state index in [4.69, 9.17) is 5.73 Å². The van der Waals surface area contributed by atoms with E-state index in [1.54, 1.807) is 38.2 Å². The molecular formula is C20H25N3O4S. The van der Waals surface area contributed by atoms with Crippen molar-refractivity contribution in [3.63, 3.8) is 0 Å². The van der Waals surface area contributed by atoms with Gasteiger partial charge in [-0.15, -0.1) is 0 Å². The summed E-state index contributed by atoms with van der Waals surface area (Å²) in [5.41, 5.74) is 6.79. The van der Waals surface area contributed by atoms with E-state index >= 15 is 0 Å². The summed E-state index contributed by atoms with van der Waals surface area (Å²) in [7, 11) is -1.98. The predicted molar refractivity (Wildman–Crippen MR) is 107 cm³/mol. The van der Waals surface area contributed by atoms with Crippen LogP contribution in [0.15, 0.2) is 53.4 Å². The molecule has 0 fully saturated rings. The van der Waals surface area contributed by atoms with Gasteiger partial charge in [0, 0.05) is 30.8 Å². The number of rotatable bonds is 8. The highest BCUT2D eigenvalue weighted by molar-refractivity contribution is 7.89. The Morgan fingerprint density at radius 3 is 2.32 bits per heavy atom. The molecule has 2 amide bonds. The molecule has 7 nitrogen and oxygen atoms in total. The number of amides is 2. The Labute approximate surface area is 165 Å². The van der Waals surface area contributed by atoms with E-state index in [-0.39, 0.29) is 23.4 Å². The first kappa shape index (κ1) is 21.6. The van der Waals surface area contributed by atoms with Gasteiger partial charge in [-0.3, -0.25) is 9.59 Å². The minimum atomic E-state index is -3.61. The van der Waals surface area contributed by atoms with E-state index in [9.17, 15) is 18.0 Å². The number of benzene rings is 2. The van der Waals surface area contributed by atoms with Crippen molar-refractivity contribution in [2.45, 2.75) is 37.8 Å². The van der Waals surface area contributed by atoms with Crippen LogP contribution >= 0.6 is 0 Å². The molecular weight excluding hydrogens is 378 g/mol. The lowest BCUT2D eigenvalue weighted by molar-refractivity contribution is 0.0785. The third kappa shape index (κ3) is 5.40. The molecule has 0 aliphatic heterocycles. The standard InChI is InChI=1S/C20H25N3O4S/c1-4-14(2)22-28(26,27)18-10-8-16(9-11-18)20(25)23(3)13-15-6-5-7-17(12-15)19(21)24/h5-12,14,22H,4,13H2,1-3H3,(H2,21,24). The Hall–Kier alpha value is -2.71. The largest absolute Gasteiger partial charge is 0.366 e. The zero-order chi connectivity index (χ0) is 20.9. The van der Waals surface area contributed by atoms with Crippen LogP contribution in [-0.2, 0) is 16.6 Å². The number of sulfonamides is 1. The summed E-state index contributed by atoms with van der Waals surface area (Å²) in [5, 5.41) is 0. The van der Waals surface area contributed by atoms with Crippen LogP contribution in [0.25, 0.3) is 0 Å². The lowest BCUT2D eigenvalue weighted by atomic mass is 10.1. The van der Waals surface area contributed by atoms with E-state index in [1.165, 1.54) is 29.2 Å². The summed E-state index contributed by atoms with van der Waals surface area (Å²) in [6, 6.07) is 12.4. The zero-order valence-corrected chi connectivity index (χ0v) is 17.0. The third-order valence-electron chi connectivity index (χ3n) is 4.36. The Balaban J connectivity index is 2.12. The fourth-order valence-electron chi connectivity index (χ4n) is 2.58. The maximum atomic E-state index is 12.6. The van der Waals surface area contributed by atoms with Crippen molar-refractivity contribution in [3.05, 3.63) is 65.2 Å². The van der Waals surface area contributed by atoms with Gasteiger partial charge in [0.2, 0.25) is 15.9 Å². The second kappa shape index (κ2) is 8.99. The van der Waals surface area contributed by atoms with Gasteiger partial charge in [0.05, 0.1) is 4.90 Å². The van der Waals surface area contributed by atoms with Gasteiger partial charge in [-0.05, 0) is 55.3 Å². The highest BCUT2D eigenvalue weighted by atomic mass is 32.2. The fraction of sp³-hybridized carbons (Fsp3) is 0.300. The molecule has 0 saturated carbocycles. The number of primary amides is 1. The van der Waals surface area contributed by atoms with Crippen LogP contribution in [0, 0.1) is 0 Å². The number of carbonyl (C=O) groups excluding carboxylic acids is 2. The van der Waals surface area contributed by atoms with Crippen molar-refractivity contribution in [3.8, 4) is 0 Å². The molecule has 1 atom stereocenters. The van der Waals surface area contributed by atoms with Crippen molar-refractivity contribution >= 4 is 21.8 Å². The Morgan fingerprint density at radius 2 is 1.75 bits per heavy atom. The van der Waals surface area contributed by atoms with Crippen molar-refractivity contribution in [2.24, 2.45) is 5.73 Å². The summed E-state index contributed by atoms with van der Waals surface area (Å²) in [5.74, 6) is -0.790. The van der Waals surface area contributed by atoms with E-state index in [1.807, 2.05) is 6.92 Å². The predicted octanol–water partition coefficient (Wildman–Crippen LogP) is 2.13. The molecule has 8 heteroatoms. The molecule has 0 spiro atoms. The van der Waals surface area contributed by atoms with Gasteiger partial charge >= 0.3 is 0 Å². The van der Waals surface area contributed by atoms with Crippen LogP contribution in [0.5, 0.6) is 0 Å². The van der Waals surface area contributed by atoms with Gasteiger partial charge in [0.15, 0.2) is 0 Å². The molecule has 0 aliphatic carbocycles. The molecule has 0 bridgehead atoms. The number of carbonyl (C=O) groups is 2. The first-order chi connectivity index (χ1) is 13.1. The molecule has 150 valence electrons. The van der Waals surface area contributed by atoms with Crippen LogP contribution in [0.2, 0.25) is 0 Å². The highest BCUT2D eigenvalue weighted by Crippen LogP contribution is 2.14. The lowest BCUT2D eigenvalue weighted by Crippen LogP contribution is -2.32. The molecule has 1 unspecified atom stereocenters. The van der Waals surface area contributed by atoms with E-state index in [2.05, 4.69) is 4.72 Å². The molecule has 2 aromatic carbocycles. The molecule has 2 rings (SSSR count). The molecule has 0 saturated heterocycles. The monoisotopic (exact) mass is 403 g/mol. The van der Waals surface area contributed by atoms with Crippen LogP contribution in [0.4, 0.5) is 0 Å². The normalized spacial score (nSPS) is 12.4. The van der Waals surface area contributed by atoms with Crippen LogP contribution in [0.1, 0.15) is 46.5 Å². The zero-order valence-electron chi connectivity index (χ0n) is 16.2. The van der Waals surface area contributed by atoms with Crippen LogP contribution < -0.4 is 10.5 Å². The number of nitrogens with two attached hydrogens (primary N) is 1. The van der Waals surface area contributed by atoms with Crippen LogP contribution in [0.3, 0.4) is 0 Å². The van der Waals surface area contributed by atoms with Gasteiger partial charge in [0.25, 0.3) is 5.91 Å². The van der Waals surface area contributed by atoms with Crippen molar-refractivity contribution in [2.75, 3.05) is 7.05 Å². The number of hydrogen-bond acceptors (Lipinski definition) is 4. The van der Waals surface area contributed by atoms with E-state index < -0.39 is 15.9 Å². The molecule has 0 heterocycles. The second-order valence-electron chi connectivity index (χ2n) is 6.68. The van der Waals surface area contributed by atoms with E-state index in [0.29, 0.717) is 17.5 Å². The molecule has 2 aromatic rings.